The maximum atomic E-state index is 13.0. The van der Waals surface area contributed by atoms with Crippen LogP contribution in [0.15, 0.2) is 65.6 Å². The van der Waals surface area contributed by atoms with Crippen LogP contribution in [-0.2, 0) is 17.9 Å². The molecule has 1 fully saturated rings. The zero-order valence-corrected chi connectivity index (χ0v) is 16.8. The molecule has 6 heteroatoms. The number of amides is 1. The highest BCUT2D eigenvalue weighted by atomic mass is 16.2. The molecule has 30 heavy (non-hydrogen) atoms. The Kier molecular flexibility index (Phi) is 4.83. The Morgan fingerprint density at radius 3 is 2.57 bits per heavy atom. The Hall–Kier alpha value is -3.41. The molecule has 0 saturated heterocycles. The van der Waals surface area contributed by atoms with E-state index >= 15 is 0 Å². The fourth-order valence-electron chi connectivity index (χ4n) is 4.47. The van der Waals surface area contributed by atoms with Gasteiger partial charge in [-0.1, -0.05) is 49.2 Å². The van der Waals surface area contributed by atoms with Crippen LogP contribution in [0, 0.1) is 0 Å². The molecule has 1 amide bonds. The van der Waals surface area contributed by atoms with E-state index in [1.165, 1.54) is 0 Å². The lowest BCUT2D eigenvalue weighted by Gasteiger charge is -2.16. The SMILES string of the molecule is O=C(Cn1ccc2ccccc21)NCc1nn(C2CCCC2)c(=O)c2ccccc12. The largest absolute Gasteiger partial charge is 0.349 e. The molecule has 152 valence electrons. The predicted molar refractivity (Wildman–Crippen MR) is 117 cm³/mol. The van der Waals surface area contributed by atoms with Crippen LogP contribution in [0.4, 0.5) is 0 Å². The average molecular weight is 400 g/mol. The molecular weight excluding hydrogens is 376 g/mol. The van der Waals surface area contributed by atoms with Gasteiger partial charge in [-0.2, -0.15) is 5.10 Å². The first-order valence-electron chi connectivity index (χ1n) is 10.5. The van der Waals surface area contributed by atoms with Gasteiger partial charge in [-0.25, -0.2) is 4.68 Å². The number of para-hydroxylation sites is 1. The fraction of sp³-hybridized carbons (Fsp3) is 0.292. The average Bonchev–Trinajstić information content (AvgIpc) is 3.44. The van der Waals surface area contributed by atoms with Crippen LogP contribution >= 0.6 is 0 Å². The number of carbonyl (C=O) groups is 1. The summed E-state index contributed by atoms with van der Waals surface area (Å²) in [6.45, 7) is 0.541. The number of rotatable bonds is 5. The van der Waals surface area contributed by atoms with Crippen molar-refractivity contribution in [2.75, 3.05) is 0 Å². The van der Waals surface area contributed by atoms with Crippen molar-refractivity contribution in [3.05, 3.63) is 76.8 Å². The summed E-state index contributed by atoms with van der Waals surface area (Å²) in [5.41, 5.74) is 1.74. The summed E-state index contributed by atoms with van der Waals surface area (Å²) in [6.07, 6.45) is 6.15. The van der Waals surface area contributed by atoms with Crippen molar-refractivity contribution in [2.45, 2.75) is 44.8 Å². The number of nitrogens with one attached hydrogen (secondary N) is 1. The molecular formula is C24H24N4O2. The smallest absolute Gasteiger partial charge is 0.274 e. The van der Waals surface area contributed by atoms with Gasteiger partial charge in [0.1, 0.15) is 6.54 Å². The number of carbonyl (C=O) groups excluding carboxylic acids is 1. The number of hydrogen-bond acceptors (Lipinski definition) is 3. The van der Waals surface area contributed by atoms with E-state index in [1.807, 2.05) is 65.4 Å². The number of aromatic nitrogens is 3. The van der Waals surface area contributed by atoms with E-state index in [1.54, 1.807) is 4.68 Å². The molecule has 0 spiro atoms. The second-order valence-electron chi connectivity index (χ2n) is 7.96. The van der Waals surface area contributed by atoms with Gasteiger partial charge in [0.2, 0.25) is 5.91 Å². The minimum absolute atomic E-state index is 0.0358. The third-order valence-corrected chi connectivity index (χ3v) is 6.02. The molecule has 2 heterocycles. The molecule has 0 atom stereocenters. The van der Waals surface area contributed by atoms with E-state index in [2.05, 4.69) is 10.4 Å². The van der Waals surface area contributed by atoms with Crippen molar-refractivity contribution in [3.63, 3.8) is 0 Å². The monoisotopic (exact) mass is 400 g/mol. The summed E-state index contributed by atoms with van der Waals surface area (Å²) >= 11 is 0. The van der Waals surface area contributed by atoms with Crippen molar-refractivity contribution in [3.8, 4) is 0 Å². The topological polar surface area (TPSA) is 68.9 Å². The summed E-state index contributed by atoms with van der Waals surface area (Å²) < 4.78 is 3.59. The Balaban J connectivity index is 1.40. The van der Waals surface area contributed by atoms with Gasteiger partial charge in [-0.3, -0.25) is 9.59 Å². The lowest BCUT2D eigenvalue weighted by molar-refractivity contribution is -0.121. The zero-order chi connectivity index (χ0) is 20.5. The molecule has 0 aliphatic heterocycles. The van der Waals surface area contributed by atoms with Gasteiger partial charge >= 0.3 is 0 Å². The Labute approximate surface area is 174 Å². The van der Waals surface area contributed by atoms with E-state index in [0.717, 1.165) is 47.7 Å². The van der Waals surface area contributed by atoms with Crippen LogP contribution in [0.25, 0.3) is 21.7 Å². The maximum Gasteiger partial charge on any atom is 0.274 e. The number of hydrogen-bond donors (Lipinski definition) is 1. The summed E-state index contributed by atoms with van der Waals surface area (Å²) in [6, 6.07) is 17.7. The third kappa shape index (κ3) is 3.38. The number of nitrogens with zero attached hydrogens (tertiary/aromatic N) is 3. The third-order valence-electron chi connectivity index (χ3n) is 6.02. The van der Waals surface area contributed by atoms with E-state index < -0.39 is 0 Å². The second-order valence-corrected chi connectivity index (χ2v) is 7.96. The van der Waals surface area contributed by atoms with Crippen LogP contribution in [0.5, 0.6) is 0 Å². The van der Waals surface area contributed by atoms with Crippen LogP contribution in [0.3, 0.4) is 0 Å². The Bertz CT molecular complexity index is 1280. The van der Waals surface area contributed by atoms with Crippen molar-refractivity contribution in [2.24, 2.45) is 0 Å². The molecule has 5 rings (SSSR count). The summed E-state index contributed by atoms with van der Waals surface area (Å²) in [7, 11) is 0. The first-order valence-corrected chi connectivity index (χ1v) is 10.5. The first kappa shape index (κ1) is 18.6. The molecule has 1 aliphatic carbocycles. The molecule has 1 aliphatic rings. The number of benzene rings is 2. The Morgan fingerprint density at radius 1 is 1.00 bits per heavy atom. The van der Waals surface area contributed by atoms with E-state index in [4.69, 9.17) is 0 Å². The van der Waals surface area contributed by atoms with Crippen LogP contribution < -0.4 is 10.9 Å². The predicted octanol–water partition coefficient (Wildman–Crippen LogP) is 3.78. The zero-order valence-electron chi connectivity index (χ0n) is 16.8. The van der Waals surface area contributed by atoms with Crippen LogP contribution in [0.1, 0.15) is 37.4 Å². The van der Waals surface area contributed by atoms with Crippen LogP contribution in [-0.4, -0.2) is 20.3 Å². The van der Waals surface area contributed by atoms with Crippen molar-refractivity contribution < 1.29 is 4.79 Å². The highest BCUT2D eigenvalue weighted by Gasteiger charge is 2.21. The fourth-order valence-corrected chi connectivity index (χ4v) is 4.47. The lowest BCUT2D eigenvalue weighted by atomic mass is 10.1. The molecule has 4 aromatic rings. The maximum absolute atomic E-state index is 13.0. The molecule has 0 radical (unpaired) electrons. The summed E-state index contributed by atoms with van der Waals surface area (Å²) in [4.78, 5) is 25.6. The second kappa shape index (κ2) is 7.78. The highest BCUT2D eigenvalue weighted by molar-refractivity contribution is 5.85. The quantitative estimate of drug-likeness (QED) is 0.554. The van der Waals surface area contributed by atoms with Crippen LogP contribution in [0.2, 0.25) is 0 Å². The molecule has 0 bridgehead atoms. The molecule has 1 saturated carbocycles. The highest BCUT2D eigenvalue weighted by Crippen LogP contribution is 2.28. The normalized spacial score (nSPS) is 14.5. The summed E-state index contributed by atoms with van der Waals surface area (Å²) in [5, 5.41) is 10.3. The van der Waals surface area contributed by atoms with Gasteiger partial charge < -0.3 is 9.88 Å². The van der Waals surface area contributed by atoms with E-state index in [0.29, 0.717) is 11.9 Å². The molecule has 6 nitrogen and oxygen atoms in total. The standard InChI is InChI=1S/C24H24N4O2/c29-23(16-27-14-13-17-7-1-6-12-22(17)27)25-15-21-19-10-4-5-11-20(19)24(30)28(26-21)18-8-2-3-9-18/h1,4-7,10-14,18H,2-3,8-9,15-16H2,(H,25,29). The van der Waals surface area contributed by atoms with Crippen molar-refractivity contribution in [1.82, 2.24) is 19.7 Å². The molecule has 1 N–H and O–H groups in total. The van der Waals surface area contributed by atoms with Gasteiger partial charge in [-0.05, 0) is 36.4 Å². The Morgan fingerprint density at radius 2 is 1.73 bits per heavy atom. The van der Waals surface area contributed by atoms with Crippen molar-refractivity contribution >= 4 is 27.6 Å². The molecule has 2 aromatic carbocycles. The van der Waals surface area contributed by atoms with Crippen molar-refractivity contribution in [1.29, 1.82) is 0 Å². The van der Waals surface area contributed by atoms with Gasteiger partial charge in [0.05, 0.1) is 23.7 Å². The summed E-state index contributed by atoms with van der Waals surface area (Å²) in [5.74, 6) is -0.0825. The number of fused-ring (bicyclic) bond motifs is 2. The van der Waals surface area contributed by atoms with Gasteiger partial charge in [-0.15, -0.1) is 0 Å². The molecule has 2 aromatic heterocycles. The van der Waals surface area contributed by atoms with Gasteiger partial charge in [0.25, 0.3) is 5.56 Å². The minimum Gasteiger partial charge on any atom is -0.349 e. The van der Waals surface area contributed by atoms with E-state index in [-0.39, 0.29) is 24.1 Å². The molecule has 0 unspecified atom stereocenters. The lowest BCUT2D eigenvalue weighted by Crippen LogP contribution is -2.31. The first-order chi connectivity index (χ1) is 14.7. The van der Waals surface area contributed by atoms with Gasteiger partial charge in [0.15, 0.2) is 0 Å². The van der Waals surface area contributed by atoms with Gasteiger partial charge in [0, 0.05) is 17.1 Å². The minimum atomic E-state index is -0.0825. The van der Waals surface area contributed by atoms with E-state index in [9.17, 15) is 9.59 Å².